The summed E-state index contributed by atoms with van der Waals surface area (Å²) in [6, 6.07) is 5.92. The summed E-state index contributed by atoms with van der Waals surface area (Å²) >= 11 is 0. The third-order valence-electron chi connectivity index (χ3n) is 2.20. The average Bonchev–Trinajstić information content (AvgIpc) is 2.92. The molecule has 2 rings (SSSR count). The standard InChI is InChI=1S/C11H14O2/c1-8-2-5-11(9(6-8)7-12)13-10-3-4-10/h2,5-6,10,12H,3-4,7H2,1H3. The second-order valence-corrected chi connectivity index (χ2v) is 3.59. The molecule has 0 heterocycles. The van der Waals surface area contributed by atoms with E-state index in [2.05, 4.69) is 0 Å². The van der Waals surface area contributed by atoms with Crippen LogP contribution in [0.25, 0.3) is 0 Å². The molecule has 0 atom stereocenters. The first-order chi connectivity index (χ1) is 6.29. The fraction of sp³-hybridized carbons (Fsp3) is 0.455. The summed E-state index contributed by atoms with van der Waals surface area (Å²) < 4.78 is 5.64. The van der Waals surface area contributed by atoms with Crippen molar-refractivity contribution >= 4 is 0 Å². The number of aliphatic hydroxyl groups is 1. The van der Waals surface area contributed by atoms with E-state index in [-0.39, 0.29) is 6.61 Å². The first-order valence-electron chi connectivity index (χ1n) is 4.66. The molecule has 0 radical (unpaired) electrons. The summed E-state index contributed by atoms with van der Waals surface area (Å²) in [5.41, 5.74) is 2.05. The van der Waals surface area contributed by atoms with Gasteiger partial charge in [-0.05, 0) is 25.8 Å². The van der Waals surface area contributed by atoms with Gasteiger partial charge in [0.2, 0.25) is 0 Å². The van der Waals surface area contributed by atoms with E-state index >= 15 is 0 Å². The Hall–Kier alpha value is -1.02. The number of benzene rings is 1. The Morgan fingerprint density at radius 2 is 2.23 bits per heavy atom. The lowest BCUT2D eigenvalue weighted by Crippen LogP contribution is -1.99. The molecule has 70 valence electrons. The lowest BCUT2D eigenvalue weighted by Gasteiger charge is -2.09. The predicted molar refractivity (Wildman–Crippen MR) is 50.8 cm³/mol. The van der Waals surface area contributed by atoms with E-state index in [1.807, 2.05) is 25.1 Å². The molecule has 1 saturated carbocycles. The summed E-state index contributed by atoms with van der Waals surface area (Å²) in [6.07, 6.45) is 2.70. The van der Waals surface area contributed by atoms with E-state index in [1.165, 1.54) is 0 Å². The van der Waals surface area contributed by atoms with Gasteiger partial charge in [0.05, 0.1) is 12.7 Å². The molecule has 0 saturated heterocycles. The van der Waals surface area contributed by atoms with E-state index < -0.39 is 0 Å². The first-order valence-corrected chi connectivity index (χ1v) is 4.66. The van der Waals surface area contributed by atoms with Crippen LogP contribution in [0.2, 0.25) is 0 Å². The maximum atomic E-state index is 9.10. The summed E-state index contributed by atoms with van der Waals surface area (Å²) in [6.45, 7) is 2.07. The Morgan fingerprint density at radius 3 is 2.85 bits per heavy atom. The van der Waals surface area contributed by atoms with E-state index in [1.54, 1.807) is 0 Å². The van der Waals surface area contributed by atoms with Crippen molar-refractivity contribution in [1.29, 1.82) is 0 Å². The van der Waals surface area contributed by atoms with Crippen LogP contribution >= 0.6 is 0 Å². The highest BCUT2D eigenvalue weighted by Crippen LogP contribution is 2.29. The van der Waals surface area contributed by atoms with Crippen LogP contribution in [-0.2, 0) is 6.61 Å². The van der Waals surface area contributed by atoms with E-state index in [4.69, 9.17) is 9.84 Å². The molecular weight excluding hydrogens is 164 g/mol. The lowest BCUT2D eigenvalue weighted by molar-refractivity contribution is 0.258. The molecule has 0 unspecified atom stereocenters. The van der Waals surface area contributed by atoms with Crippen LogP contribution in [0, 0.1) is 6.92 Å². The van der Waals surface area contributed by atoms with Gasteiger partial charge in [-0.15, -0.1) is 0 Å². The molecule has 1 fully saturated rings. The first kappa shape index (κ1) is 8.57. The van der Waals surface area contributed by atoms with Gasteiger partial charge in [0, 0.05) is 5.56 Å². The SMILES string of the molecule is Cc1ccc(OC2CC2)c(CO)c1. The van der Waals surface area contributed by atoms with Crippen molar-refractivity contribution in [3.8, 4) is 5.75 Å². The zero-order valence-corrected chi connectivity index (χ0v) is 7.79. The maximum absolute atomic E-state index is 9.10. The van der Waals surface area contributed by atoms with Crippen LogP contribution in [0.5, 0.6) is 5.75 Å². The molecule has 0 bridgehead atoms. The molecule has 1 aromatic carbocycles. The maximum Gasteiger partial charge on any atom is 0.125 e. The smallest absolute Gasteiger partial charge is 0.125 e. The van der Waals surface area contributed by atoms with Gasteiger partial charge in [0.25, 0.3) is 0 Å². The Bertz CT molecular complexity index is 303. The fourth-order valence-electron chi connectivity index (χ4n) is 1.31. The molecule has 0 aromatic heterocycles. The quantitative estimate of drug-likeness (QED) is 0.767. The number of aliphatic hydroxyl groups excluding tert-OH is 1. The zero-order chi connectivity index (χ0) is 9.26. The van der Waals surface area contributed by atoms with E-state index in [0.29, 0.717) is 6.10 Å². The summed E-state index contributed by atoms with van der Waals surface area (Å²) in [7, 11) is 0. The van der Waals surface area contributed by atoms with Crippen molar-refractivity contribution in [3.05, 3.63) is 29.3 Å². The Balaban J connectivity index is 2.21. The minimum atomic E-state index is 0.0593. The highest BCUT2D eigenvalue weighted by Gasteiger charge is 2.24. The minimum absolute atomic E-state index is 0.0593. The molecule has 0 aliphatic heterocycles. The molecule has 1 N–H and O–H groups in total. The number of aryl methyl sites for hydroxylation is 1. The molecule has 2 nitrogen and oxygen atoms in total. The highest BCUT2D eigenvalue weighted by molar-refractivity contribution is 5.36. The monoisotopic (exact) mass is 178 g/mol. The van der Waals surface area contributed by atoms with Crippen LogP contribution in [0.1, 0.15) is 24.0 Å². The van der Waals surface area contributed by atoms with Crippen molar-refractivity contribution in [2.75, 3.05) is 0 Å². The van der Waals surface area contributed by atoms with Gasteiger partial charge in [-0.25, -0.2) is 0 Å². The van der Waals surface area contributed by atoms with Crippen LogP contribution < -0.4 is 4.74 Å². The second-order valence-electron chi connectivity index (χ2n) is 3.59. The molecule has 2 heteroatoms. The largest absolute Gasteiger partial charge is 0.490 e. The third kappa shape index (κ3) is 2.01. The predicted octanol–water partition coefficient (Wildman–Crippen LogP) is 2.03. The Labute approximate surface area is 78.2 Å². The van der Waals surface area contributed by atoms with Crippen LogP contribution in [0.4, 0.5) is 0 Å². The topological polar surface area (TPSA) is 29.5 Å². The molecule has 0 amide bonds. The van der Waals surface area contributed by atoms with Gasteiger partial charge in [-0.2, -0.15) is 0 Å². The van der Waals surface area contributed by atoms with Crippen LogP contribution in [0.15, 0.2) is 18.2 Å². The Morgan fingerprint density at radius 1 is 1.46 bits per heavy atom. The van der Waals surface area contributed by atoms with Crippen molar-refractivity contribution in [2.24, 2.45) is 0 Å². The van der Waals surface area contributed by atoms with Crippen molar-refractivity contribution in [2.45, 2.75) is 32.5 Å². The summed E-state index contributed by atoms with van der Waals surface area (Å²) in [5.74, 6) is 0.843. The summed E-state index contributed by atoms with van der Waals surface area (Å²) in [4.78, 5) is 0. The van der Waals surface area contributed by atoms with Gasteiger partial charge in [-0.3, -0.25) is 0 Å². The highest BCUT2D eigenvalue weighted by atomic mass is 16.5. The van der Waals surface area contributed by atoms with Gasteiger partial charge >= 0.3 is 0 Å². The van der Waals surface area contributed by atoms with E-state index in [0.717, 1.165) is 29.7 Å². The second kappa shape index (κ2) is 3.38. The molecule has 1 aromatic rings. The number of rotatable bonds is 3. The van der Waals surface area contributed by atoms with Crippen molar-refractivity contribution in [3.63, 3.8) is 0 Å². The van der Waals surface area contributed by atoms with Crippen LogP contribution in [0.3, 0.4) is 0 Å². The van der Waals surface area contributed by atoms with Gasteiger partial charge in [0.15, 0.2) is 0 Å². The third-order valence-corrected chi connectivity index (χ3v) is 2.20. The molecule has 1 aliphatic rings. The molecule has 1 aliphatic carbocycles. The van der Waals surface area contributed by atoms with Gasteiger partial charge in [0.1, 0.15) is 5.75 Å². The van der Waals surface area contributed by atoms with E-state index in [9.17, 15) is 0 Å². The fourth-order valence-corrected chi connectivity index (χ4v) is 1.31. The normalized spacial score (nSPS) is 15.8. The van der Waals surface area contributed by atoms with Crippen molar-refractivity contribution < 1.29 is 9.84 Å². The average molecular weight is 178 g/mol. The number of ether oxygens (including phenoxy) is 1. The van der Waals surface area contributed by atoms with Crippen molar-refractivity contribution in [1.82, 2.24) is 0 Å². The Kier molecular flexibility index (Phi) is 2.23. The molecule has 0 spiro atoms. The van der Waals surface area contributed by atoms with Crippen LogP contribution in [-0.4, -0.2) is 11.2 Å². The molecule has 13 heavy (non-hydrogen) atoms. The van der Waals surface area contributed by atoms with Gasteiger partial charge < -0.3 is 9.84 Å². The lowest BCUT2D eigenvalue weighted by atomic mass is 10.1. The van der Waals surface area contributed by atoms with Gasteiger partial charge in [-0.1, -0.05) is 17.7 Å². The number of hydrogen-bond acceptors (Lipinski definition) is 2. The summed E-state index contributed by atoms with van der Waals surface area (Å²) in [5, 5.41) is 9.10. The molecular formula is C11H14O2. The zero-order valence-electron chi connectivity index (χ0n) is 7.79. The number of hydrogen-bond donors (Lipinski definition) is 1. The minimum Gasteiger partial charge on any atom is -0.490 e.